The molecule has 0 N–H and O–H groups in total. The van der Waals surface area contributed by atoms with Gasteiger partial charge in [0.15, 0.2) is 0 Å². The summed E-state index contributed by atoms with van der Waals surface area (Å²) in [7, 11) is 4.63. The summed E-state index contributed by atoms with van der Waals surface area (Å²) in [5.41, 5.74) is 0. The molecule has 1 nitrogen and oxygen atoms in total. The SMILES string of the molecule is CCC1CC=CC[N+]1(C)C. The molecule has 0 aromatic carbocycles. The lowest BCUT2D eigenvalue weighted by atomic mass is 10.0. The second-order valence-electron chi connectivity index (χ2n) is 3.73. The van der Waals surface area contributed by atoms with Gasteiger partial charge in [-0.1, -0.05) is 13.0 Å². The molecule has 0 bridgehead atoms. The summed E-state index contributed by atoms with van der Waals surface area (Å²) in [6, 6.07) is 0.852. The monoisotopic (exact) mass is 140 g/mol. The van der Waals surface area contributed by atoms with Gasteiger partial charge in [-0.15, -0.1) is 0 Å². The third-order valence-electron chi connectivity index (χ3n) is 2.61. The fourth-order valence-corrected chi connectivity index (χ4v) is 1.69. The Morgan fingerprint density at radius 1 is 1.40 bits per heavy atom. The number of nitrogens with zero attached hydrogens (tertiary/aromatic N) is 1. The second kappa shape index (κ2) is 2.75. The van der Waals surface area contributed by atoms with Crippen LogP contribution in [-0.4, -0.2) is 31.2 Å². The third kappa shape index (κ3) is 1.40. The Kier molecular flexibility index (Phi) is 2.14. The van der Waals surface area contributed by atoms with Crippen LogP contribution < -0.4 is 0 Å². The van der Waals surface area contributed by atoms with Crippen LogP contribution in [0.4, 0.5) is 0 Å². The first-order chi connectivity index (χ1) is 4.67. The molecule has 1 atom stereocenters. The first-order valence-electron chi connectivity index (χ1n) is 4.14. The van der Waals surface area contributed by atoms with Crippen LogP contribution >= 0.6 is 0 Å². The van der Waals surface area contributed by atoms with Crippen molar-refractivity contribution in [3.8, 4) is 0 Å². The van der Waals surface area contributed by atoms with Crippen molar-refractivity contribution in [3.05, 3.63) is 12.2 Å². The van der Waals surface area contributed by atoms with Crippen molar-refractivity contribution in [1.82, 2.24) is 0 Å². The average Bonchev–Trinajstić information content (AvgIpc) is 1.87. The second-order valence-corrected chi connectivity index (χ2v) is 3.73. The molecule has 0 amide bonds. The van der Waals surface area contributed by atoms with E-state index >= 15 is 0 Å². The van der Waals surface area contributed by atoms with Crippen LogP contribution in [0.2, 0.25) is 0 Å². The molecule has 0 aliphatic carbocycles. The van der Waals surface area contributed by atoms with Crippen LogP contribution in [0.25, 0.3) is 0 Å². The predicted octanol–water partition coefficient (Wildman–Crippen LogP) is 1.80. The van der Waals surface area contributed by atoms with Gasteiger partial charge in [-0.2, -0.15) is 0 Å². The highest BCUT2D eigenvalue weighted by Crippen LogP contribution is 2.18. The molecule has 0 radical (unpaired) electrons. The largest absolute Gasteiger partial charge is 0.323 e. The Hall–Kier alpha value is -0.300. The molecular weight excluding hydrogens is 122 g/mol. The van der Waals surface area contributed by atoms with E-state index < -0.39 is 0 Å². The molecule has 58 valence electrons. The van der Waals surface area contributed by atoms with E-state index in [0.29, 0.717) is 0 Å². The highest BCUT2D eigenvalue weighted by Gasteiger charge is 2.26. The first-order valence-corrected chi connectivity index (χ1v) is 4.14. The molecule has 0 aromatic heterocycles. The molecule has 0 spiro atoms. The Balaban J connectivity index is 2.63. The Morgan fingerprint density at radius 2 is 2.10 bits per heavy atom. The number of likely N-dealkylation sites (N-methyl/N-ethyl adjacent to an activating group) is 1. The van der Waals surface area contributed by atoms with Gasteiger partial charge in [-0.3, -0.25) is 0 Å². The Bertz CT molecular complexity index is 136. The summed E-state index contributed by atoms with van der Waals surface area (Å²) < 4.78 is 1.17. The van der Waals surface area contributed by atoms with Gasteiger partial charge in [0, 0.05) is 6.42 Å². The zero-order chi connectivity index (χ0) is 7.61. The topological polar surface area (TPSA) is 0 Å². The van der Waals surface area contributed by atoms with Gasteiger partial charge in [0.05, 0.1) is 26.7 Å². The van der Waals surface area contributed by atoms with Crippen molar-refractivity contribution >= 4 is 0 Å². The van der Waals surface area contributed by atoms with Crippen LogP contribution in [0.5, 0.6) is 0 Å². The minimum atomic E-state index is 0.852. The van der Waals surface area contributed by atoms with Crippen LogP contribution in [0, 0.1) is 0 Å². The van der Waals surface area contributed by atoms with E-state index in [0.717, 1.165) is 6.04 Å². The van der Waals surface area contributed by atoms with Gasteiger partial charge in [0.25, 0.3) is 0 Å². The van der Waals surface area contributed by atoms with Crippen molar-refractivity contribution in [2.24, 2.45) is 0 Å². The van der Waals surface area contributed by atoms with Crippen molar-refractivity contribution in [2.45, 2.75) is 25.8 Å². The summed E-state index contributed by atoms with van der Waals surface area (Å²) in [6.45, 7) is 3.49. The van der Waals surface area contributed by atoms with E-state index in [-0.39, 0.29) is 0 Å². The molecule has 1 unspecified atom stereocenters. The van der Waals surface area contributed by atoms with E-state index in [9.17, 15) is 0 Å². The van der Waals surface area contributed by atoms with Crippen LogP contribution in [0.15, 0.2) is 12.2 Å². The van der Waals surface area contributed by atoms with Crippen molar-refractivity contribution in [3.63, 3.8) is 0 Å². The lowest BCUT2D eigenvalue weighted by Gasteiger charge is -2.38. The standard InChI is InChI=1S/C9H18N/c1-4-9-7-5-6-8-10(9,2)3/h5-6,9H,4,7-8H2,1-3H3/q+1. The maximum Gasteiger partial charge on any atom is 0.0971 e. The van der Waals surface area contributed by atoms with Gasteiger partial charge in [-0.05, 0) is 12.5 Å². The van der Waals surface area contributed by atoms with Crippen LogP contribution in [0.3, 0.4) is 0 Å². The quantitative estimate of drug-likeness (QED) is 0.385. The van der Waals surface area contributed by atoms with Gasteiger partial charge in [0.2, 0.25) is 0 Å². The smallest absolute Gasteiger partial charge is 0.0971 e. The predicted molar refractivity (Wildman–Crippen MR) is 44.8 cm³/mol. The fraction of sp³-hybridized carbons (Fsp3) is 0.778. The van der Waals surface area contributed by atoms with E-state index in [4.69, 9.17) is 0 Å². The highest BCUT2D eigenvalue weighted by atomic mass is 15.3. The molecule has 1 heterocycles. The van der Waals surface area contributed by atoms with Crippen molar-refractivity contribution in [1.29, 1.82) is 0 Å². The van der Waals surface area contributed by atoms with Gasteiger partial charge >= 0.3 is 0 Å². The molecular formula is C9H18N+. The number of hydrogen-bond donors (Lipinski definition) is 0. The highest BCUT2D eigenvalue weighted by molar-refractivity contribution is 4.88. The molecule has 1 aliphatic rings. The lowest BCUT2D eigenvalue weighted by molar-refractivity contribution is -0.911. The number of hydrogen-bond acceptors (Lipinski definition) is 0. The van der Waals surface area contributed by atoms with E-state index in [2.05, 4.69) is 33.2 Å². The molecule has 0 saturated heterocycles. The summed E-state index contributed by atoms with van der Waals surface area (Å²) in [5.74, 6) is 0. The third-order valence-corrected chi connectivity index (χ3v) is 2.61. The Labute approximate surface area is 63.9 Å². The summed E-state index contributed by atoms with van der Waals surface area (Å²) in [5, 5.41) is 0. The molecule has 0 aromatic rings. The number of rotatable bonds is 1. The molecule has 1 aliphatic heterocycles. The minimum absolute atomic E-state index is 0.852. The number of quaternary nitrogens is 1. The van der Waals surface area contributed by atoms with Crippen molar-refractivity contribution < 1.29 is 4.48 Å². The minimum Gasteiger partial charge on any atom is -0.323 e. The average molecular weight is 140 g/mol. The summed E-state index contributed by atoms with van der Waals surface area (Å²) >= 11 is 0. The normalized spacial score (nSPS) is 30.5. The fourth-order valence-electron chi connectivity index (χ4n) is 1.69. The maximum atomic E-state index is 2.32. The van der Waals surface area contributed by atoms with Gasteiger partial charge in [0.1, 0.15) is 0 Å². The zero-order valence-electron chi connectivity index (χ0n) is 7.30. The molecule has 1 heteroatoms. The first kappa shape index (κ1) is 7.80. The lowest BCUT2D eigenvalue weighted by Crippen LogP contribution is -2.49. The molecule has 0 fully saturated rings. The van der Waals surface area contributed by atoms with Crippen LogP contribution in [-0.2, 0) is 0 Å². The molecule has 0 saturated carbocycles. The van der Waals surface area contributed by atoms with E-state index in [1.54, 1.807) is 0 Å². The van der Waals surface area contributed by atoms with Gasteiger partial charge in [-0.25, -0.2) is 0 Å². The van der Waals surface area contributed by atoms with Crippen molar-refractivity contribution in [2.75, 3.05) is 20.6 Å². The maximum absolute atomic E-state index is 2.32. The van der Waals surface area contributed by atoms with E-state index in [1.807, 2.05) is 0 Å². The van der Waals surface area contributed by atoms with Gasteiger partial charge < -0.3 is 4.48 Å². The molecule has 10 heavy (non-hydrogen) atoms. The zero-order valence-corrected chi connectivity index (χ0v) is 7.30. The van der Waals surface area contributed by atoms with Crippen LogP contribution in [0.1, 0.15) is 19.8 Å². The van der Waals surface area contributed by atoms with E-state index in [1.165, 1.54) is 23.9 Å². The summed E-state index contributed by atoms with van der Waals surface area (Å²) in [4.78, 5) is 0. The Morgan fingerprint density at radius 3 is 2.50 bits per heavy atom. The summed E-state index contributed by atoms with van der Waals surface area (Å²) in [6.07, 6.45) is 7.19. The molecule has 1 rings (SSSR count).